The number of hydrogen-bond donors (Lipinski definition) is 1. The van der Waals surface area contributed by atoms with Gasteiger partial charge in [0.2, 0.25) is 0 Å². The molecule has 3 unspecified atom stereocenters. The van der Waals surface area contributed by atoms with Crippen LogP contribution >= 0.6 is 11.3 Å². The second-order valence-electron chi connectivity index (χ2n) is 12.2. The number of hydrogen-bond acceptors (Lipinski definition) is 9. The maximum Gasteiger partial charge on any atom is 0.410 e. The second kappa shape index (κ2) is 16.9. The summed E-state index contributed by atoms with van der Waals surface area (Å²) < 4.78 is 16.4. The van der Waals surface area contributed by atoms with E-state index in [1.165, 1.54) is 29.2 Å². The molecule has 2 aromatic rings. The third-order valence-electron chi connectivity index (χ3n) is 6.79. The van der Waals surface area contributed by atoms with E-state index in [1.54, 1.807) is 40.1 Å². The van der Waals surface area contributed by atoms with Crippen molar-refractivity contribution in [3.05, 3.63) is 64.6 Å². The van der Waals surface area contributed by atoms with Gasteiger partial charge in [-0.1, -0.05) is 63.8 Å². The highest BCUT2D eigenvalue weighted by atomic mass is 32.1. The molecule has 4 atom stereocenters. The Balaban J connectivity index is 2.26. The van der Waals surface area contributed by atoms with Gasteiger partial charge in [0.05, 0.1) is 5.92 Å². The van der Waals surface area contributed by atoms with E-state index in [4.69, 9.17) is 14.2 Å². The first-order valence-electron chi connectivity index (χ1n) is 14.8. The van der Waals surface area contributed by atoms with E-state index in [0.29, 0.717) is 17.8 Å². The Bertz CT molecular complexity index is 1260. The lowest BCUT2D eigenvalue weighted by molar-refractivity contribution is -0.148. The molecule has 2 rings (SSSR count). The average molecular weight is 630 g/mol. The molecule has 0 saturated heterocycles. The standard InChI is InChI=1S/C33H47N3O7S/c1-10-16-41-31(39)22(4)17-25(18-24-14-12-11-13-15-24)34-29(38)26-20-44-30(35-26)28(42-23(5)37)19-27(21(2)3)36(9)32(40)43-33(6,7)8/h10-15,20-22,25,27-28H,1,16-19H2,2-9H3,(H,34,38)/t22?,25?,27-,28?/m1/s1. The maximum absolute atomic E-state index is 13.4. The summed E-state index contributed by atoms with van der Waals surface area (Å²) in [5.41, 5.74) is 0.512. The van der Waals surface area contributed by atoms with Crippen LogP contribution in [0, 0.1) is 11.8 Å². The van der Waals surface area contributed by atoms with Crippen LogP contribution in [0.1, 0.15) is 88.5 Å². The number of ether oxygens (including phenoxy) is 3. The van der Waals surface area contributed by atoms with Gasteiger partial charge in [0.1, 0.15) is 22.9 Å². The Morgan fingerprint density at radius 1 is 1.09 bits per heavy atom. The van der Waals surface area contributed by atoms with Gasteiger partial charge < -0.3 is 24.4 Å². The number of esters is 2. The van der Waals surface area contributed by atoms with Gasteiger partial charge >= 0.3 is 18.0 Å². The SMILES string of the molecule is C=CCOC(=O)C(C)CC(Cc1ccccc1)NC(=O)c1csc(C(C[C@H](C(C)C)N(C)C(=O)OC(C)(C)C)OC(C)=O)n1. The first kappa shape index (κ1) is 36.5. The normalized spacial score (nSPS) is 14.1. The zero-order valence-electron chi connectivity index (χ0n) is 27.1. The molecule has 1 aromatic heterocycles. The van der Waals surface area contributed by atoms with E-state index in [2.05, 4.69) is 16.9 Å². The number of nitrogens with zero attached hydrogens (tertiary/aromatic N) is 2. The largest absolute Gasteiger partial charge is 0.461 e. The molecule has 1 aromatic carbocycles. The first-order chi connectivity index (χ1) is 20.6. The Morgan fingerprint density at radius 3 is 2.32 bits per heavy atom. The van der Waals surface area contributed by atoms with Crippen LogP contribution in [0.4, 0.5) is 4.79 Å². The molecule has 0 aliphatic heterocycles. The van der Waals surface area contributed by atoms with Crippen LogP contribution in [0.3, 0.4) is 0 Å². The molecule has 0 bridgehead atoms. The summed E-state index contributed by atoms with van der Waals surface area (Å²) in [6, 6.07) is 8.96. The van der Waals surface area contributed by atoms with Crippen LogP contribution in [0.2, 0.25) is 0 Å². The summed E-state index contributed by atoms with van der Waals surface area (Å²) >= 11 is 1.20. The van der Waals surface area contributed by atoms with Crippen molar-refractivity contribution in [2.45, 2.75) is 91.5 Å². The van der Waals surface area contributed by atoms with Crippen molar-refractivity contribution in [1.29, 1.82) is 0 Å². The molecule has 0 aliphatic carbocycles. The van der Waals surface area contributed by atoms with Gasteiger partial charge in [0, 0.05) is 37.9 Å². The number of benzene rings is 1. The second-order valence-corrected chi connectivity index (χ2v) is 13.1. The molecule has 0 saturated carbocycles. The topological polar surface area (TPSA) is 124 Å². The number of amides is 2. The van der Waals surface area contributed by atoms with Crippen LogP contribution < -0.4 is 5.32 Å². The molecule has 1 N–H and O–H groups in total. The van der Waals surface area contributed by atoms with Gasteiger partial charge in [-0.15, -0.1) is 11.3 Å². The quantitative estimate of drug-likeness (QED) is 0.142. The van der Waals surface area contributed by atoms with Crippen molar-refractivity contribution in [2.75, 3.05) is 13.7 Å². The number of aromatic nitrogens is 1. The van der Waals surface area contributed by atoms with E-state index < -0.39 is 35.6 Å². The van der Waals surface area contributed by atoms with Crippen molar-refractivity contribution < 1.29 is 33.4 Å². The van der Waals surface area contributed by atoms with Crippen LogP contribution in [-0.4, -0.2) is 65.2 Å². The molecule has 0 fully saturated rings. The highest BCUT2D eigenvalue weighted by Gasteiger charge is 2.33. The number of rotatable bonds is 15. The van der Waals surface area contributed by atoms with Gasteiger partial charge in [-0.3, -0.25) is 14.4 Å². The molecule has 11 heteroatoms. The summed E-state index contributed by atoms with van der Waals surface area (Å²) in [4.78, 5) is 56.8. The van der Waals surface area contributed by atoms with Crippen LogP contribution in [0.5, 0.6) is 0 Å². The van der Waals surface area contributed by atoms with Gasteiger partial charge in [-0.25, -0.2) is 9.78 Å². The minimum absolute atomic E-state index is 0.00668. The molecule has 44 heavy (non-hydrogen) atoms. The molecule has 0 radical (unpaired) electrons. The number of carbonyl (C=O) groups is 4. The molecule has 10 nitrogen and oxygen atoms in total. The summed E-state index contributed by atoms with van der Waals surface area (Å²) in [6.07, 6.45) is 1.38. The Kier molecular flexibility index (Phi) is 14.0. The van der Waals surface area contributed by atoms with Crippen LogP contribution in [0.15, 0.2) is 48.4 Å². The monoisotopic (exact) mass is 629 g/mol. The third kappa shape index (κ3) is 12.1. The minimum atomic E-state index is -0.781. The van der Waals surface area contributed by atoms with Crippen molar-refractivity contribution in [1.82, 2.24) is 15.2 Å². The summed E-state index contributed by atoms with van der Waals surface area (Å²) in [7, 11) is 1.66. The van der Waals surface area contributed by atoms with E-state index in [0.717, 1.165) is 5.56 Å². The fourth-order valence-corrected chi connectivity index (χ4v) is 5.50. The Labute approximate surface area is 265 Å². The number of nitrogens with one attached hydrogen (secondary N) is 1. The lowest BCUT2D eigenvalue weighted by Gasteiger charge is -2.34. The lowest BCUT2D eigenvalue weighted by atomic mass is 9.96. The van der Waals surface area contributed by atoms with Gasteiger partial charge in [0.25, 0.3) is 5.91 Å². The zero-order valence-corrected chi connectivity index (χ0v) is 27.9. The highest BCUT2D eigenvalue weighted by Crippen LogP contribution is 2.31. The first-order valence-corrected chi connectivity index (χ1v) is 15.7. The molecule has 0 aliphatic rings. The van der Waals surface area contributed by atoms with Crippen molar-refractivity contribution in [2.24, 2.45) is 11.8 Å². The zero-order chi connectivity index (χ0) is 33.0. The minimum Gasteiger partial charge on any atom is -0.461 e. The Morgan fingerprint density at radius 2 is 1.75 bits per heavy atom. The fourth-order valence-electron chi connectivity index (χ4n) is 4.66. The van der Waals surface area contributed by atoms with Crippen molar-refractivity contribution in [3.63, 3.8) is 0 Å². The average Bonchev–Trinajstić information content (AvgIpc) is 3.43. The third-order valence-corrected chi connectivity index (χ3v) is 7.72. The summed E-state index contributed by atoms with van der Waals surface area (Å²) in [5, 5.41) is 5.09. The van der Waals surface area contributed by atoms with E-state index in [1.807, 2.05) is 44.2 Å². The predicted octanol–water partition coefficient (Wildman–Crippen LogP) is 6.13. The van der Waals surface area contributed by atoms with E-state index >= 15 is 0 Å². The predicted molar refractivity (Wildman–Crippen MR) is 170 cm³/mol. The molecule has 2 amide bonds. The van der Waals surface area contributed by atoms with Crippen molar-refractivity contribution in [3.8, 4) is 0 Å². The smallest absolute Gasteiger partial charge is 0.410 e. The van der Waals surface area contributed by atoms with E-state index in [-0.39, 0.29) is 42.7 Å². The molecule has 242 valence electrons. The number of thiazole rings is 1. The van der Waals surface area contributed by atoms with E-state index in [9.17, 15) is 19.2 Å². The fraction of sp³-hybridized carbons (Fsp3) is 0.545. The number of carbonyl (C=O) groups excluding carboxylic acids is 4. The molecular weight excluding hydrogens is 582 g/mol. The Hall–Kier alpha value is -3.73. The van der Waals surface area contributed by atoms with Gasteiger partial charge in [-0.05, 0) is 45.1 Å². The van der Waals surface area contributed by atoms with Crippen LogP contribution in [-0.2, 0) is 30.2 Å². The highest BCUT2D eigenvalue weighted by molar-refractivity contribution is 7.09. The summed E-state index contributed by atoms with van der Waals surface area (Å²) in [6.45, 7) is 16.1. The summed E-state index contributed by atoms with van der Waals surface area (Å²) in [5.74, 6) is -1.73. The molecule has 0 spiro atoms. The lowest BCUT2D eigenvalue weighted by Crippen LogP contribution is -2.44. The maximum atomic E-state index is 13.4. The van der Waals surface area contributed by atoms with Crippen LogP contribution in [0.25, 0.3) is 0 Å². The van der Waals surface area contributed by atoms with Gasteiger partial charge in [0.15, 0.2) is 6.10 Å². The molecule has 1 heterocycles. The molecular formula is C33H47N3O7S. The van der Waals surface area contributed by atoms with Crippen molar-refractivity contribution >= 4 is 35.3 Å². The van der Waals surface area contributed by atoms with Gasteiger partial charge in [-0.2, -0.15) is 0 Å².